The van der Waals surface area contributed by atoms with Crippen LogP contribution in [0.4, 0.5) is 0 Å². The van der Waals surface area contributed by atoms with E-state index in [0.717, 1.165) is 28.1 Å². The summed E-state index contributed by atoms with van der Waals surface area (Å²) in [5, 5.41) is 23.5. The normalized spacial score (nSPS) is 21.0. The number of methoxy groups -OCH3 is 1. The second kappa shape index (κ2) is 10.3. The molecule has 180 valence electrons. The Morgan fingerprint density at radius 2 is 2.18 bits per heavy atom. The molecule has 0 amide bonds. The number of aliphatic hydroxyl groups excluding tert-OH is 1. The Hall–Kier alpha value is -2.73. The number of aromatic nitrogens is 4. The molecule has 5 heterocycles. The van der Waals surface area contributed by atoms with Gasteiger partial charge in [0.1, 0.15) is 5.65 Å². The summed E-state index contributed by atoms with van der Waals surface area (Å²) in [5.74, 6) is 1.94. The predicted molar refractivity (Wildman–Crippen MR) is 126 cm³/mol. The molecule has 5 rings (SSSR count). The smallest absolute Gasteiger partial charge is 0.252 e. The second-order valence-electron chi connectivity index (χ2n) is 8.34. The molecule has 0 saturated carbocycles. The van der Waals surface area contributed by atoms with Crippen molar-refractivity contribution in [2.75, 3.05) is 26.1 Å². The highest BCUT2D eigenvalue weighted by Crippen LogP contribution is 2.30. The molecule has 3 aromatic rings. The predicted octanol–water partition coefficient (Wildman–Crippen LogP) is 1.38. The highest BCUT2D eigenvalue weighted by molar-refractivity contribution is 7.99. The molecule has 2 aliphatic rings. The zero-order valence-corrected chi connectivity index (χ0v) is 19.7. The van der Waals surface area contributed by atoms with E-state index in [9.17, 15) is 9.90 Å². The van der Waals surface area contributed by atoms with Gasteiger partial charge in [-0.05, 0) is 31.0 Å². The van der Waals surface area contributed by atoms with Crippen molar-refractivity contribution in [2.24, 2.45) is 0 Å². The van der Waals surface area contributed by atoms with Crippen LogP contribution in [0.15, 0.2) is 40.0 Å². The van der Waals surface area contributed by atoms with Crippen molar-refractivity contribution in [1.29, 1.82) is 0 Å². The molecule has 0 unspecified atom stereocenters. The van der Waals surface area contributed by atoms with Gasteiger partial charge >= 0.3 is 0 Å². The third-order valence-electron chi connectivity index (χ3n) is 6.06. The summed E-state index contributed by atoms with van der Waals surface area (Å²) < 4.78 is 18.1. The third-order valence-corrected chi connectivity index (χ3v) is 7.03. The largest absolute Gasteiger partial charge is 0.481 e. The first kappa shape index (κ1) is 23.0. The van der Waals surface area contributed by atoms with Crippen molar-refractivity contribution in [3.05, 3.63) is 46.4 Å². The highest BCUT2D eigenvalue weighted by Gasteiger charge is 2.28. The lowest BCUT2D eigenvalue weighted by Gasteiger charge is -2.32. The number of hydrogen-bond donors (Lipinski definition) is 2. The van der Waals surface area contributed by atoms with E-state index in [-0.39, 0.29) is 24.2 Å². The van der Waals surface area contributed by atoms with Gasteiger partial charge in [-0.2, -0.15) is 10.1 Å². The Bertz CT molecular complexity index is 1210. The first-order chi connectivity index (χ1) is 16.6. The molecule has 3 atom stereocenters. The summed E-state index contributed by atoms with van der Waals surface area (Å²) in [6, 6.07) is 8.96. The van der Waals surface area contributed by atoms with E-state index in [2.05, 4.69) is 20.5 Å². The SMILES string of the molecule is COc1ccc2ccc(=O)n(C[C@H](O)[C@@H]3CC[C@@H](NCc4cc5c(nn4)OCCS5)CO3)c2n1. The van der Waals surface area contributed by atoms with Crippen LogP contribution in [0.25, 0.3) is 11.0 Å². The molecular weight excluding hydrogens is 458 g/mol. The third kappa shape index (κ3) is 5.02. The number of hydrogen-bond acceptors (Lipinski definition) is 10. The maximum atomic E-state index is 12.5. The average Bonchev–Trinajstić information content (AvgIpc) is 2.89. The van der Waals surface area contributed by atoms with E-state index in [1.165, 1.54) is 17.7 Å². The first-order valence-corrected chi connectivity index (χ1v) is 12.3. The molecule has 11 heteroatoms. The van der Waals surface area contributed by atoms with Gasteiger partial charge in [-0.25, -0.2) is 0 Å². The van der Waals surface area contributed by atoms with Crippen LogP contribution < -0.4 is 20.3 Å². The van der Waals surface area contributed by atoms with Gasteiger partial charge in [0.25, 0.3) is 5.56 Å². The van der Waals surface area contributed by atoms with E-state index in [1.54, 1.807) is 23.9 Å². The fourth-order valence-electron chi connectivity index (χ4n) is 4.20. The molecule has 0 aliphatic carbocycles. The number of thioether (sulfide) groups is 1. The van der Waals surface area contributed by atoms with Crippen LogP contribution in [0.2, 0.25) is 0 Å². The quantitative estimate of drug-likeness (QED) is 0.508. The summed E-state index contributed by atoms with van der Waals surface area (Å²) in [5.41, 5.74) is 1.12. The lowest BCUT2D eigenvalue weighted by atomic mass is 10.0. The minimum absolute atomic E-state index is 0.101. The van der Waals surface area contributed by atoms with Crippen LogP contribution in [-0.4, -0.2) is 69.2 Å². The number of nitrogens with one attached hydrogen (secondary N) is 1. The summed E-state index contributed by atoms with van der Waals surface area (Å²) in [4.78, 5) is 17.9. The maximum Gasteiger partial charge on any atom is 0.252 e. The van der Waals surface area contributed by atoms with Gasteiger partial charge in [0.15, 0.2) is 0 Å². The van der Waals surface area contributed by atoms with Gasteiger partial charge in [0, 0.05) is 35.9 Å². The van der Waals surface area contributed by atoms with Crippen LogP contribution in [0.5, 0.6) is 11.8 Å². The number of fused-ring (bicyclic) bond motifs is 2. The number of rotatable bonds is 7. The first-order valence-electron chi connectivity index (χ1n) is 11.3. The molecule has 3 aromatic heterocycles. The summed E-state index contributed by atoms with van der Waals surface area (Å²) in [7, 11) is 1.53. The Morgan fingerprint density at radius 3 is 3.00 bits per heavy atom. The zero-order chi connectivity index (χ0) is 23.5. The molecule has 1 fully saturated rings. The lowest BCUT2D eigenvalue weighted by Crippen LogP contribution is -2.45. The molecule has 10 nitrogen and oxygen atoms in total. The van der Waals surface area contributed by atoms with Crippen molar-refractivity contribution < 1.29 is 19.3 Å². The van der Waals surface area contributed by atoms with Gasteiger partial charge in [-0.1, -0.05) is 0 Å². The fraction of sp³-hybridized carbons (Fsp3) is 0.478. The van der Waals surface area contributed by atoms with Gasteiger partial charge in [-0.3, -0.25) is 9.36 Å². The van der Waals surface area contributed by atoms with Crippen LogP contribution >= 0.6 is 11.8 Å². The molecule has 2 N–H and O–H groups in total. The number of nitrogens with zero attached hydrogens (tertiary/aromatic N) is 4. The second-order valence-corrected chi connectivity index (χ2v) is 9.48. The minimum atomic E-state index is -0.833. The summed E-state index contributed by atoms with van der Waals surface area (Å²) in [6.45, 7) is 1.81. The number of aliphatic hydroxyl groups is 1. The lowest BCUT2D eigenvalue weighted by molar-refractivity contribution is -0.0771. The number of pyridine rings is 2. The van der Waals surface area contributed by atoms with Crippen molar-refractivity contribution in [1.82, 2.24) is 25.1 Å². The average molecular weight is 486 g/mol. The highest BCUT2D eigenvalue weighted by atomic mass is 32.2. The summed E-state index contributed by atoms with van der Waals surface area (Å²) in [6.07, 6.45) is 0.326. The van der Waals surface area contributed by atoms with E-state index in [4.69, 9.17) is 14.2 Å². The molecule has 0 radical (unpaired) electrons. The van der Waals surface area contributed by atoms with Crippen molar-refractivity contribution >= 4 is 22.8 Å². The Morgan fingerprint density at radius 1 is 1.29 bits per heavy atom. The van der Waals surface area contributed by atoms with Crippen LogP contribution in [0, 0.1) is 0 Å². The van der Waals surface area contributed by atoms with Crippen LogP contribution in [0.1, 0.15) is 18.5 Å². The topological polar surface area (TPSA) is 121 Å². The number of ether oxygens (including phenoxy) is 3. The Kier molecular flexibility index (Phi) is 6.95. The Labute approximate surface area is 200 Å². The monoisotopic (exact) mass is 485 g/mol. The zero-order valence-electron chi connectivity index (χ0n) is 18.8. The molecule has 1 saturated heterocycles. The van der Waals surface area contributed by atoms with E-state index < -0.39 is 6.10 Å². The standard InChI is InChI=1S/C23H27N5O5S/c1-31-20-6-2-14-3-7-21(30)28(22(14)25-20)12-17(29)18-5-4-15(13-33-18)24-11-16-10-19-23(27-26-16)32-8-9-34-19/h2-3,6-7,10,15,17-18,24,29H,4-5,8-9,11-13H2,1H3/t15-,17+,18+/m1/s1. The molecular formula is C23H27N5O5S. The van der Waals surface area contributed by atoms with Gasteiger partial charge < -0.3 is 24.6 Å². The fourth-order valence-corrected chi connectivity index (χ4v) is 5.03. The van der Waals surface area contributed by atoms with Crippen molar-refractivity contribution in [3.63, 3.8) is 0 Å². The van der Waals surface area contributed by atoms with Gasteiger partial charge in [-0.15, -0.1) is 16.9 Å². The molecule has 2 aliphatic heterocycles. The molecule has 0 spiro atoms. The van der Waals surface area contributed by atoms with E-state index in [0.29, 0.717) is 43.6 Å². The molecule has 0 aromatic carbocycles. The molecule has 34 heavy (non-hydrogen) atoms. The minimum Gasteiger partial charge on any atom is -0.481 e. The van der Waals surface area contributed by atoms with Crippen LogP contribution in [0.3, 0.4) is 0 Å². The van der Waals surface area contributed by atoms with E-state index >= 15 is 0 Å². The maximum absolute atomic E-state index is 12.5. The van der Waals surface area contributed by atoms with E-state index in [1.807, 2.05) is 12.1 Å². The van der Waals surface area contributed by atoms with Gasteiger partial charge in [0.05, 0.1) is 49.7 Å². The Balaban J connectivity index is 1.17. The van der Waals surface area contributed by atoms with Gasteiger partial charge in [0.2, 0.25) is 11.8 Å². The summed E-state index contributed by atoms with van der Waals surface area (Å²) >= 11 is 1.73. The van der Waals surface area contributed by atoms with Crippen molar-refractivity contribution in [2.45, 2.75) is 49.1 Å². The van der Waals surface area contributed by atoms with Crippen molar-refractivity contribution in [3.8, 4) is 11.8 Å². The van der Waals surface area contributed by atoms with Crippen LogP contribution in [-0.2, 0) is 17.8 Å². The molecule has 0 bridgehead atoms.